The van der Waals surface area contributed by atoms with Crippen molar-refractivity contribution in [2.45, 2.75) is 32.2 Å². The summed E-state index contributed by atoms with van der Waals surface area (Å²) >= 11 is 0. The van der Waals surface area contributed by atoms with E-state index in [2.05, 4.69) is 53.0 Å². The smallest absolute Gasteiger partial charge is 0.274 e. The summed E-state index contributed by atoms with van der Waals surface area (Å²) in [5, 5.41) is 0. The number of nitrogens with one attached hydrogen (secondary N) is 1. The molecule has 5 heteroatoms. The minimum absolute atomic E-state index is 0.0961. The zero-order valence-corrected chi connectivity index (χ0v) is 17.4. The number of H-pyrrole nitrogens is 1. The van der Waals surface area contributed by atoms with Crippen molar-refractivity contribution in [1.82, 2.24) is 19.3 Å². The van der Waals surface area contributed by atoms with E-state index in [0.29, 0.717) is 11.4 Å². The minimum atomic E-state index is -0.0961. The van der Waals surface area contributed by atoms with Gasteiger partial charge >= 0.3 is 0 Å². The Hall–Kier alpha value is -3.18. The Bertz CT molecular complexity index is 1220. The topological polar surface area (TPSA) is 53.4 Å². The fraction of sp³-hybridized carbons (Fsp3) is 0.280. The van der Waals surface area contributed by atoms with Crippen LogP contribution in [0.4, 0.5) is 0 Å². The summed E-state index contributed by atoms with van der Waals surface area (Å²) < 4.78 is 1.92. The second-order valence-corrected chi connectivity index (χ2v) is 8.16. The molecule has 1 N–H and O–H groups in total. The zero-order valence-electron chi connectivity index (χ0n) is 17.4. The molecule has 0 radical (unpaired) electrons. The normalized spacial score (nSPS) is 15.9. The SMILES string of the molecule is CCc1ccc(C2CN(C(C)c3cn4c(-c5ccccc5)ncc4c(=O)[nH]3)C2)cc1. The van der Waals surface area contributed by atoms with Gasteiger partial charge in [0.2, 0.25) is 0 Å². The molecule has 30 heavy (non-hydrogen) atoms. The summed E-state index contributed by atoms with van der Waals surface area (Å²) in [4.78, 5) is 22.7. The first kappa shape index (κ1) is 18.8. The monoisotopic (exact) mass is 398 g/mol. The third kappa shape index (κ3) is 3.25. The van der Waals surface area contributed by atoms with Crippen molar-refractivity contribution in [1.29, 1.82) is 0 Å². The lowest BCUT2D eigenvalue weighted by atomic mass is 9.89. The number of likely N-dealkylation sites (tertiary alicyclic amines) is 1. The van der Waals surface area contributed by atoms with Crippen LogP contribution in [0, 0.1) is 0 Å². The molecule has 0 amide bonds. The Labute approximate surface area is 176 Å². The number of nitrogens with zero attached hydrogens (tertiary/aromatic N) is 3. The second-order valence-electron chi connectivity index (χ2n) is 8.16. The third-order valence-corrected chi connectivity index (χ3v) is 6.35. The van der Waals surface area contributed by atoms with Crippen LogP contribution < -0.4 is 5.56 Å². The van der Waals surface area contributed by atoms with Crippen molar-refractivity contribution >= 4 is 5.52 Å². The number of imidazole rings is 1. The highest BCUT2D eigenvalue weighted by Crippen LogP contribution is 2.33. The van der Waals surface area contributed by atoms with Gasteiger partial charge in [0.15, 0.2) is 0 Å². The summed E-state index contributed by atoms with van der Waals surface area (Å²) in [5.41, 5.74) is 5.18. The molecule has 0 bridgehead atoms. The van der Waals surface area contributed by atoms with E-state index < -0.39 is 0 Å². The predicted octanol–water partition coefficient (Wildman–Crippen LogP) is 4.41. The zero-order chi connectivity index (χ0) is 20.7. The van der Waals surface area contributed by atoms with Crippen LogP contribution in [-0.4, -0.2) is 32.4 Å². The van der Waals surface area contributed by atoms with E-state index in [1.807, 2.05) is 40.9 Å². The number of fused-ring (bicyclic) bond motifs is 1. The lowest BCUT2D eigenvalue weighted by Crippen LogP contribution is -2.46. The van der Waals surface area contributed by atoms with Crippen molar-refractivity contribution in [2.24, 2.45) is 0 Å². The Morgan fingerprint density at radius 1 is 1.10 bits per heavy atom. The van der Waals surface area contributed by atoms with E-state index in [4.69, 9.17) is 0 Å². The van der Waals surface area contributed by atoms with Crippen molar-refractivity contribution < 1.29 is 0 Å². The third-order valence-electron chi connectivity index (χ3n) is 6.35. The molecule has 1 atom stereocenters. The van der Waals surface area contributed by atoms with E-state index in [1.54, 1.807) is 6.20 Å². The predicted molar refractivity (Wildman–Crippen MR) is 120 cm³/mol. The number of hydrogen-bond donors (Lipinski definition) is 1. The Morgan fingerprint density at radius 2 is 1.83 bits per heavy atom. The lowest BCUT2D eigenvalue weighted by Gasteiger charge is -2.43. The first-order chi connectivity index (χ1) is 14.6. The van der Waals surface area contributed by atoms with E-state index in [-0.39, 0.29) is 11.6 Å². The highest BCUT2D eigenvalue weighted by Gasteiger charge is 2.32. The molecule has 2 aromatic heterocycles. The molecule has 1 aliphatic heterocycles. The molecular formula is C25H26N4O. The van der Waals surface area contributed by atoms with E-state index >= 15 is 0 Å². The molecule has 4 aromatic rings. The van der Waals surface area contributed by atoms with Gasteiger partial charge in [0.25, 0.3) is 5.56 Å². The molecule has 1 unspecified atom stereocenters. The maximum atomic E-state index is 12.7. The van der Waals surface area contributed by atoms with Crippen LogP contribution in [0.3, 0.4) is 0 Å². The van der Waals surface area contributed by atoms with Crippen LogP contribution in [0.5, 0.6) is 0 Å². The summed E-state index contributed by atoms with van der Waals surface area (Å²) in [6.45, 7) is 6.35. The lowest BCUT2D eigenvalue weighted by molar-refractivity contribution is 0.0979. The molecule has 5 rings (SSSR count). The fourth-order valence-corrected chi connectivity index (χ4v) is 4.30. The maximum Gasteiger partial charge on any atom is 0.274 e. The van der Waals surface area contributed by atoms with Crippen LogP contribution in [0.2, 0.25) is 0 Å². The van der Waals surface area contributed by atoms with E-state index in [9.17, 15) is 4.79 Å². The quantitative estimate of drug-likeness (QED) is 0.542. The highest BCUT2D eigenvalue weighted by molar-refractivity contribution is 5.61. The van der Waals surface area contributed by atoms with Gasteiger partial charge in [-0.3, -0.25) is 14.1 Å². The number of aromatic nitrogens is 3. The average molecular weight is 399 g/mol. The molecule has 5 nitrogen and oxygen atoms in total. The molecular weight excluding hydrogens is 372 g/mol. The molecule has 152 valence electrons. The number of aromatic amines is 1. The summed E-state index contributed by atoms with van der Waals surface area (Å²) in [7, 11) is 0. The fourth-order valence-electron chi connectivity index (χ4n) is 4.30. The molecule has 1 aliphatic rings. The molecule has 0 aliphatic carbocycles. The van der Waals surface area contributed by atoms with Crippen molar-refractivity contribution in [3.05, 3.63) is 94.2 Å². The minimum Gasteiger partial charge on any atom is -0.321 e. The molecule has 0 spiro atoms. The summed E-state index contributed by atoms with van der Waals surface area (Å²) in [5.74, 6) is 1.35. The summed E-state index contributed by atoms with van der Waals surface area (Å²) in [6.07, 6.45) is 4.75. The van der Waals surface area contributed by atoms with Gasteiger partial charge in [-0.05, 0) is 24.5 Å². The van der Waals surface area contributed by atoms with Gasteiger partial charge in [0.1, 0.15) is 11.3 Å². The molecule has 1 saturated heterocycles. The van der Waals surface area contributed by atoms with Gasteiger partial charge in [-0.2, -0.15) is 0 Å². The average Bonchev–Trinajstić information content (AvgIpc) is 3.18. The number of benzene rings is 2. The van der Waals surface area contributed by atoms with E-state index in [0.717, 1.165) is 36.6 Å². The summed E-state index contributed by atoms with van der Waals surface area (Å²) in [6, 6.07) is 19.1. The number of hydrogen-bond acceptors (Lipinski definition) is 3. The van der Waals surface area contributed by atoms with Crippen LogP contribution in [0.25, 0.3) is 16.9 Å². The number of rotatable bonds is 5. The first-order valence-corrected chi connectivity index (χ1v) is 10.6. The number of aryl methyl sites for hydroxylation is 1. The highest BCUT2D eigenvalue weighted by atomic mass is 16.1. The van der Waals surface area contributed by atoms with Gasteiger partial charge < -0.3 is 4.98 Å². The van der Waals surface area contributed by atoms with Crippen LogP contribution in [-0.2, 0) is 6.42 Å². The van der Waals surface area contributed by atoms with E-state index in [1.165, 1.54) is 11.1 Å². The van der Waals surface area contributed by atoms with Crippen LogP contribution in [0.15, 0.2) is 71.8 Å². The Morgan fingerprint density at radius 3 is 2.53 bits per heavy atom. The van der Waals surface area contributed by atoms with Gasteiger partial charge in [-0.15, -0.1) is 0 Å². The largest absolute Gasteiger partial charge is 0.321 e. The Balaban J connectivity index is 1.39. The van der Waals surface area contributed by atoms with Crippen molar-refractivity contribution in [3.8, 4) is 11.4 Å². The second kappa shape index (κ2) is 7.58. The Kier molecular flexibility index (Phi) is 4.75. The van der Waals surface area contributed by atoms with Gasteiger partial charge in [0, 0.05) is 36.8 Å². The van der Waals surface area contributed by atoms with Crippen LogP contribution >= 0.6 is 0 Å². The maximum absolute atomic E-state index is 12.7. The molecule has 1 fully saturated rings. The molecule has 0 saturated carbocycles. The van der Waals surface area contributed by atoms with Gasteiger partial charge in [-0.1, -0.05) is 61.5 Å². The van der Waals surface area contributed by atoms with Crippen LogP contribution in [0.1, 0.15) is 42.6 Å². The molecule has 3 heterocycles. The van der Waals surface area contributed by atoms with Crippen molar-refractivity contribution in [2.75, 3.05) is 13.1 Å². The van der Waals surface area contributed by atoms with Gasteiger partial charge in [0.05, 0.1) is 11.9 Å². The first-order valence-electron chi connectivity index (χ1n) is 10.6. The standard InChI is InChI=1S/C25H26N4O/c1-3-18-9-11-19(12-10-18)21-14-28(15-21)17(2)22-16-29-23(25(30)27-22)13-26-24(29)20-7-5-4-6-8-20/h4-13,16-17,21H,3,14-15H2,1-2H3,(H,27,30). The van der Waals surface area contributed by atoms with Gasteiger partial charge in [-0.25, -0.2) is 4.98 Å². The van der Waals surface area contributed by atoms with Crippen molar-refractivity contribution in [3.63, 3.8) is 0 Å². The molecule has 2 aromatic carbocycles.